The summed E-state index contributed by atoms with van der Waals surface area (Å²) in [6.45, 7) is 2.07. The zero-order valence-corrected chi connectivity index (χ0v) is 18.7. The Labute approximate surface area is 201 Å². The molecule has 0 amide bonds. The van der Waals surface area contributed by atoms with E-state index < -0.39 is 12.1 Å². The molecule has 3 aromatic carbocycles. The maximum absolute atomic E-state index is 14.0. The minimum Gasteiger partial charge on any atom is -0.475 e. The average Bonchev–Trinajstić information content (AvgIpc) is 3.33. The number of hydrogen-bond acceptors (Lipinski definition) is 5. The van der Waals surface area contributed by atoms with Gasteiger partial charge in [0, 0.05) is 0 Å². The largest absolute Gasteiger partial charge is 0.490 e. The van der Waals surface area contributed by atoms with Crippen LogP contribution in [0.25, 0.3) is 33.1 Å². The van der Waals surface area contributed by atoms with Crippen LogP contribution in [0.15, 0.2) is 73.3 Å². The second-order valence-electron chi connectivity index (χ2n) is 7.75. The zero-order chi connectivity index (χ0) is 25.9. The van der Waals surface area contributed by atoms with Gasteiger partial charge >= 0.3 is 12.1 Å². The van der Waals surface area contributed by atoms with Gasteiger partial charge in [-0.3, -0.25) is 0 Å². The fourth-order valence-corrected chi connectivity index (χ4v) is 3.77. The highest BCUT2D eigenvalue weighted by molar-refractivity contribution is 5.98. The molecule has 3 N–H and O–H groups in total. The molecule has 1 unspecified atom stereocenters. The van der Waals surface area contributed by atoms with E-state index in [9.17, 15) is 17.6 Å². The van der Waals surface area contributed by atoms with E-state index in [2.05, 4.69) is 56.4 Å². The summed E-state index contributed by atoms with van der Waals surface area (Å²) in [5, 5.41) is 12.8. The van der Waals surface area contributed by atoms with Crippen molar-refractivity contribution in [1.29, 1.82) is 0 Å². The van der Waals surface area contributed by atoms with Crippen LogP contribution < -0.4 is 5.32 Å². The lowest BCUT2D eigenvalue weighted by atomic mass is 9.90. The van der Waals surface area contributed by atoms with Gasteiger partial charge in [0.25, 0.3) is 0 Å². The van der Waals surface area contributed by atoms with Crippen molar-refractivity contribution in [1.82, 2.24) is 19.9 Å². The SMILES string of the molecule is CC(Nc1ncnc2nc[nH]c12)c1ccc2ccccc2c1-c1cccc(F)c1.O=C(O)C(F)(F)F. The van der Waals surface area contributed by atoms with Gasteiger partial charge < -0.3 is 15.4 Å². The molecule has 7 nitrogen and oxygen atoms in total. The molecule has 11 heteroatoms. The lowest BCUT2D eigenvalue weighted by Crippen LogP contribution is -2.21. The first-order valence-corrected chi connectivity index (χ1v) is 10.6. The van der Waals surface area contributed by atoms with Crippen molar-refractivity contribution < 1.29 is 27.5 Å². The smallest absolute Gasteiger partial charge is 0.475 e. The molecule has 36 heavy (non-hydrogen) atoms. The summed E-state index contributed by atoms with van der Waals surface area (Å²) in [5.74, 6) is -2.33. The normalized spacial score (nSPS) is 12.1. The summed E-state index contributed by atoms with van der Waals surface area (Å²) >= 11 is 0. The van der Waals surface area contributed by atoms with Gasteiger partial charge in [0.2, 0.25) is 0 Å². The van der Waals surface area contributed by atoms with Crippen LogP contribution in [0.3, 0.4) is 0 Å². The van der Waals surface area contributed by atoms with Gasteiger partial charge in [0.15, 0.2) is 11.5 Å². The van der Waals surface area contributed by atoms with Crippen molar-refractivity contribution in [2.75, 3.05) is 5.32 Å². The molecule has 0 aliphatic rings. The number of halogens is 4. The van der Waals surface area contributed by atoms with Crippen molar-refractivity contribution in [2.45, 2.75) is 19.1 Å². The number of H-pyrrole nitrogens is 1. The highest BCUT2D eigenvalue weighted by atomic mass is 19.4. The number of alkyl halides is 3. The standard InChI is InChI=1S/C23H18FN5.C2HF3O2/c1-14(29-23-21-22(26-12-25-21)27-13-28-23)18-10-9-15-5-2-3-8-19(15)20(18)16-6-4-7-17(24)11-16;3-2(4,5)1(6)7/h2-14H,1H3,(H2,25,26,27,28,29);(H,6,7). The number of aromatic amines is 1. The number of nitrogens with one attached hydrogen (secondary N) is 2. The maximum atomic E-state index is 14.0. The summed E-state index contributed by atoms with van der Waals surface area (Å²) in [4.78, 5) is 24.7. The number of anilines is 1. The van der Waals surface area contributed by atoms with Gasteiger partial charge in [-0.25, -0.2) is 24.1 Å². The number of carbonyl (C=O) groups is 1. The number of rotatable bonds is 4. The predicted molar refractivity (Wildman–Crippen MR) is 127 cm³/mol. The number of aromatic nitrogens is 4. The number of hydrogen-bond donors (Lipinski definition) is 3. The van der Waals surface area contributed by atoms with Gasteiger partial charge in [-0.1, -0.05) is 48.5 Å². The third kappa shape index (κ3) is 5.24. The number of aliphatic carboxylic acids is 1. The number of benzene rings is 3. The Morgan fingerprint density at radius 1 is 1.03 bits per heavy atom. The molecule has 0 bridgehead atoms. The van der Waals surface area contributed by atoms with Crippen molar-refractivity contribution in [3.05, 3.63) is 84.7 Å². The van der Waals surface area contributed by atoms with Crippen molar-refractivity contribution >= 4 is 33.7 Å². The molecule has 5 aromatic rings. The highest BCUT2D eigenvalue weighted by Crippen LogP contribution is 2.37. The van der Waals surface area contributed by atoms with Crippen molar-refractivity contribution in [3.63, 3.8) is 0 Å². The molecule has 0 saturated carbocycles. The highest BCUT2D eigenvalue weighted by Gasteiger charge is 2.38. The number of carboxylic acid groups (broad SMARTS) is 1. The third-order valence-corrected chi connectivity index (χ3v) is 5.36. The van der Waals surface area contributed by atoms with E-state index >= 15 is 0 Å². The van der Waals surface area contributed by atoms with Gasteiger partial charge in [-0.05, 0) is 46.5 Å². The molecule has 0 radical (unpaired) electrons. The van der Waals surface area contributed by atoms with E-state index in [1.807, 2.05) is 18.2 Å². The quantitative estimate of drug-likeness (QED) is 0.259. The topological polar surface area (TPSA) is 104 Å². The van der Waals surface area contributed by atoms with Crippen LogP contribution in [0, 0.1) is 5.82 Å². The van der Waals surface area contributed by atoms with E-state index in [-0.39, 0.29) is 11.9 Å². The number of nitrogens with zero attached hydrogens (tertiary/aromatic N) is 3. The molecule has 0 saturated heterocycles. The predicted octanol–water partition coefficient (Wildman–Crippen LogP) is 6.12. The molecule has 1 atom stereocenters. The van der Waals surface area contributed by atoms with Gasteiger partial charge in [0.05, 0.1) is 12.4 Å². The molecule has 0 aliphatic heterocycles. The molecule has 2 aromatic heterocycles. The number of carboxylic acids is 1. The summed E-state index contributed by atoms with van der Waals surface area (Å²) in [6, 6.07) is 19.0. The first kappa shape index (κ1) is 24.6. The van der Waals surface area contributed by atoms with Crippen LogP contribution in [0.4, 0.5) is 23.4 Å². The Hall–Kier alpha value is -4.54. The van der Waals surface area contributed by atoms with Crippen LogP contribution in [-0.4, -0.2) is 37.2 Å². The minimum atomic E-state index is -5.08. The summed E-state index contributed by atoms with van der Waals surface area (Å²) in [5.41, 5.74) is 4.28. The van der Waals surface area contributed by atoms with Crippen LogP contribution >= 0.6 is 0 Å². The number of imidazole rings is 1. The van der Waals surface area contributed by atoms with Crippen LogP contribution in [0.5, 0.6) is 0 Å². The van der Waals surface area contributed by atoms with Gasteiger partial charge in [0.1, 0.15) is 17.7 Å². The molecule has 2 heterocycles. The van der Waals surface area contributed by atoms with Crippen LogP contribution in [0.2, 0.25) is 0 Å². The molecule has 0 fully saturated rings. The molecule has 5 rings (SSSR count). The molecular weight excluding hydrogens is 478 g/mol. The van der Waals surface area contributed by atoms with E-state index in [4.69, 9.17) is 9.90 Å². The third-order valence-electron chi connectivity index (χ3n) is 5.36. The Bertz CT molecular complexity index is 1530. The van der Waals surface area contributed by atoms with E-state index in [1.165, 1.54) is 12.4 Å². The fraction of sp³-hybridized carbons (Fsp3) is 0.120. The van der Waals surface area contributed by atoms with Crippen molar-refractivity contribution in [3.8, 4) is 11.1 Å². The molecule has 0 spiro atoms. The Balaban J connectivity index is 0.000000384. The first-order chi connectivity index (χ1) is 17.1. The maximum Gasteiger partial charge on any atom is 0.490 e. The lowest BCUT2D eigenvalue weighted by Gasteiger charge is -2.21. The second-order valence-corrected chi connectivity index (χ2v) is 7.75. The van der Waals surface area contributed by atoms with Gasteiger partial charge in [-0.2, -0.15) is 13.2 Å². The van der Waals surface area contributed by atoms with Gasteiger partial charge in [-0.15, -0.1) is 0 Å². The average molecular weight is 497 g/mol. The molecule has 184 valence electrons. The Morgan fingerprint density at radius 3 is 2.50 bits per heavy atom. The molecular formula is C25H19F4N5O2. The molecule has 0 aliphatic carbocycles. The Morgan fingerprint density at radius 2 is 1.78 bits per heavy atom. The number of fused-ring (bicyclic) bond motifs is 2. The summed E-state index contributed by atoms with van der Waals surface area (Å²) in [6.07, 6.45) is -1.99. The first-order valence-electron chi connectivity index (χ1n) is 10.6. The monoisotopic (exact) mass is 497 g/mol. The van der Waals surface area contributed by atoms with E-state index in [1.54, 1.807) is 18.5 Å². The van der Waals surface area contributed by atoms with E-state index in [0.29, 0.717) is 11.5 Å². The van der Waals surface area contributed by atoms with E-state index in [0.717, 1.165) is 33.0 Å². The van der Waals surface area contributed by atoms with Crippen LogP contribution in [0.1, 0.15) is 18.5 Å². The zero-order valence-electron chi connectivity index (χ0n) is 18.7. The summed E-state index contributed by atoms with van der Waals surface area (Å²) < 4.78 is 45.8. The Kier molecular flexibility index (Phi) is 6.82. The van der Waals surface area contributed by atoms with Crippen molar-refractivity contribution in [2.24, 2.45) is 0 Å². The fourth-order valence-electron chi connectivity index (χ4n) is 3.77. The lowest BCUT2D eigenvalue weighted by molar-refractivity contribution is -0.192. The van der Waals surface area contributed by atoms with Crippen LogP contribution in [-0.2, 0) is 4.79 Å². The summed E-state index contributed by atoms with van der Waals surface area (Å²) in [7, 11) is 0. The second kappa shape index (κ2) is 9.98. The minimum absolute atomic E-state index is 0.0840.